The molecule has 2 aromatic rings. The van der Waals surface area contributed by atoms with E-state index in [2.05, 4.69) is 10.2 Å². The van der Waals surface area contributed by atoms with Crippen LogP contribution in [0.3, 0.4) is 0 Å². The van der Waals surface area contributed by atoms with Crippen LogP contribution in [-0.2, 0) is 0 Å². The summed E-state index contributed by atoms with van der Waals surface area (Å²) in [6.07, 6.45) is 1.33. The van der Waals surface area contributed by atoms with Crippen LogP contribution in [0, 0.1) is 0 Å². The molecule has 0 saturated heterocycles. The molecule has 4 heteroatoms. The minimum absolute atomic E-state index is 0.593. The van der Waals surface area contributed by atoms with Gasteiger partial charge in [-0.2, -0.15) is 0 Å². The predicted molar refractivity (Wildman–Crippen MR) is 37.6 cm³/mol. The van der Waals surface area contributed by atoms with E-state index in [0.29, 0.717) is 5.89 Å². The molecule has 0 atom stereocenters. The zero-order chi connectivity index (χ0) is 6.81. The summed E-state index contributed by atoms with van der Waals surface area (Å²) < 4.78 is 4.97. The van der Waals surface area contributed by atoms with Gasteiger partial charge in [-0.3, -0.25) is 0 Å². The van der Waals surface area contributed by atoms with Crippen LogP contribution in [0.4, 0.5) is 0 Å². The number of thiophene rings is 1. The van der Waals surface area contributed by atoms with Gasteiger partial charge in [0.15, 0.2) is 0 Å². The molecule has 3 nitrogen and oxygen atoms in total. The van der Waals surface area contributed by atoms with Crippen LogP contribution in [0.2, 0.25) is 0 Å². The number of rotatable bonds is 1. The number of aromatic nitrogens is 2. The van der Waals surface area contributed by atoms with Gasteiger partial charge in [0.1, 0.15) is 0 Å². The Kier molecular flexibility index (Phi) is 1.25. The van der Waals surface area contributed by atoms with Crippen molar-refractivity contribution in [2.45, 2.75) is 0 Å². The molecule has 2 heterocycles. The van der Waals surface area contributed by atoms with Crippen molar-refractivity contribution in [2.24, 2.45) is 0 Å². The second-order valence-electron chi connectivity index (χ2n) is 1.72. The third-order valence-electron chi connectivity index (χ3n) is 1.09. The molecule has 0 bridgehead atoms. The summed E-state index contributed by atoms with van der Waals surface area (Å²) in [6.45, 7) is 0. The molecule has 0 aliphatic carbocycles. The molecule has 0 fully saturated rings. The first-order chi connectivity index (χ1) is 4.97. The summed E-state index contributed by atoms with van der Waals surface area (Å²) in [7, 11) is 0. The summed E-state index contributed by atoms with van der Waals surface area (Å²) in [5.74, 6) is 0.593. The van der Waals surface area contributed by atoms with Gasteiger partial charge in [-0.15, -0.1) is 21.5 Å². The maximum absolute atomic E-state index is 4.97. The van der Waals surface area contributed by atoms with Crippen LogP contribution in [0.25, 0.3) is 10.8 Å². The Morgan fingerprint density at radius 2 is 2.50 bits per heavy atom. The Hall–Kier alpha value is -1.16. The van der Waals surface area contributed by atoms with E-state index < -0.39 is 0 Å². The smallest absolute Gasteiger partial charge is 0.257 e. The van der Waals surface area contributed by atoms with Gasteiger partial charge in [0.25, 0.3) is 5.89 Å². The van der Waals surface area contributed by atoms with Crippen molar-refractivity contribution in [1.82, 2.24) is 10.2 Å². The molecule has 0 aliphatic rings. The molecule has 2 aromatic heterocycles. The highest BCUT2D eigenvalue weighted by Gasteiger charge is 2.01. The van der Waals surface area contributed by atoms with E-state index in [4.69, 9.17) is 4.42 Å². The van der Waals surface area contributed by atoms with Gasteiger partial charge in [0.05, 0.1) is 4.88 Å². The molecular weight excluding hydrogens is 148 g/mol. The molecule has 0 saturated carbocycles. The third-order valence-corrected chi connectivity index (χ3v) is 1.95. The highest BCUT2D eigenvalue weighted by molar-refractivity contribution is 7.13. The lowest BCUT2D eigenvalue weighted by Gasteiger charge is -1.81. The number of hydrogen-bond donors (Lipinski definition) is 0. The van der Waals surface area contributed by atoms with Crippen LogP contribution in [0.1, 0.15) is 0 Å². The molecule has 0 radical (unpaired) electrons. The van der Waals surface area contributed by atoms with E-state index in [1.165, 1.54) is 6.39 Å². The average molecular weight is 152 g/mol. The Morgan fingerprint density at radius 1 is 1.50 bits per heavy atom. The minimum Gasteiger partial charge on any atom is -0.423 e. The fraction of sp³-hybridized carbons (Fsp3) is 0. The molecule has 0 amide bonds. The normalized spacial score (nSPS) is 10.0. The second-order valence-corrected chi connectivity index (χ2v) is 2.67. The summed E-state index contributed by atoms with van der Waals surface area (Å²) in [6, 6.07) is 3.89. The monoisotopic (exact) mass is 152 g/mol. The van der Waals surface area contributed by atoms with Crippen molar-refractivity contribution in [3.63, 3.8) is 0 Å². The van der Waals surface area contributed by atoms with Crippen LogP contribution < -0.4 is 0 Å². The summed E-state index contributed by atoms with van der Waals surface area (Å²) in [5.41, 5.74) is 0. The lowest BCUT2D eigenvalue weighted by molar-refractivity contribution is 0.570. The van der Waals surface area contributed by atoms with E-state index in [-0.39, 0.29) is 0 Å². The predicted octanol–water partition coefficient (Wildman–Crippen LogP) is 1.80. The Labute approximate surface area is 61.3 Å². The SMILES string of the molecule is c1csc(-c2nnco2)c1. The van der Waals surface area contributed by atoms with Gasteiger partial charge in [0.2, 0.25) is 6.39 Å². The first-order valence-corrected chi connectivity index (χ1v) is 3.65. The lowest BCUT2D eigenvalue weighted by Crippen LogP contribution is -1.69. The second kappa shape index (κ2) is 2.22. The van der Waals surface area contributed by atoms with Gasteiger partial charge < -0.3 is 4.42 Å². The van der Waals surface area contributed by atoms with Gasteiger partial charge in [-0.25, -0.2) is 0 Å². The topological polar surface area (TPSA) is 38.9 Å². The third kappa shape index (κ3) is 0.823. The van der Waals surface area contributed by atoms with Crippen LogP contribution in [0.15, 0.2) is 28.3 Å². The van der Waals surface area contributed by atoms with Crippen molar-refractivity contribution >= 4 is 11.3 Å². The minimum atomic E-state index is 0.593. The Balaban J connectivity index is 2.48. The van der Waals surface area contributed by atoms with Crippen molar-refractivity contribution in [2.75, 3.05) is 0 Å². The van der Waals surface area contributed by atoms with E-state index in [9.17, 15) is 0 Å². The van der Waals surface area contributed by atoms with Crippen LogP contribution >= 0.6 is 11.3 Å². The first-order valence-electron chi connectivity index (χ1n) is 2.77. The molecule has 0 aliphatic heterocycles. The first kappa shape index (κ1) is 5.61. The van der Waals surface area contributed by atoms with Gasteiger partial charge in [0, 0.05) is 0 Å². The van der Waals surface area contributed by atoms with Crippen LogP contribution in [0.5, 0.6) is 0 Å². The molecule has 0 aromatic carbocycles. The molecule has 0 unspecified atom stereocenters. The summed E-state index contributed by atoms with van der Waals surface area (Å²) in [4.78, 5) is 1.01. The number of hydrogen-bond acceptors (Lipinski definition) is 4. The highest BCUT2D eigenvalue weighted by Crippen LogP contribution is 2.20. The molecule has 2 rings (SSSR count). The maximum atomic E-state index is 4.97. The Morgan fingerprint density at radius 3 is 3.10 bits per heavy atom. The van der Waals surface area contributed by atoms with Crippen molar-refractivity contribution in [3.8, 4) is 10.8 Å². The average Bonchev–Trinajstić information content (AvgIpc) is 2.59. The maximum Gasteiger partial charge on any atom is 0.257 e. The quantitative estimate of drug-likeness (QED) is 0.625. The lowest BCUT2D eigenvalue weighted by atomic mass is 10.5. The fourth-order valence-corrected chi connectivity index (χ4v) is 1.33. The standard InChI is InChI=1S/C6H4N2OS/c1-2-5(10-3-1)6-8-7-4-9-6/h1-4H. The van der Waals surface area contributed by atoms with E-state index >= 15 is 0 Å². The van der Waals surface area contributed by atoms with Crippen molar-refractivity contribution < 1.29 is 4.42 Å². The molecular formula is C6H4N2OS. The molecule has 0 N–H and O–H groups in total. The summed E-state index contributed by atoms with van der Waals surface area (Å²) in [5, 5.41) is 9.29. The van der Waals surface area contributed by atoms with E-state index in [0.717, 1.165) is 4.88 Å². The largest absolute Gasteiger partial charge is 0.423 e. The zero-order valence-corrected chi connectivity index (χ0v) is 5.84. The summed E-state index contributed by atoms with van der Waals surface area (Å²) >= 11 is 1.58. The van der Waals surface area contributed by atoms with Gasteiger partial charge in [-0.1, -0.05) is 6.07 Å². The van der Waals surface area contributed by atoms with Crippen molar-refractivity contribution in [3.05, 3.63) is 23.9 Å². The Bertz CT molecular complexity index is 255. The number of nitrogens with zero attached hydrogens (tertiary/aromatic N) is 2. The molecule has 10 heavy (non-hydrogen) atoms. The van der Waals surface area contributed by atoms with E-state index in [1.807, 2.05) is 17.5 Å². The van der Waals surface area contributed by atoms with E-state index in [1.54, 1.807) is 11.3 Å². The van der Waals surface area contributed by atoms with Crippen molar-refractivity contribution in [1.29, 1.82) is 0 Å². The van der Waals surface area contributed by atoms with Gasteiger partial charge in [-0.05, 0) is 11.4 Å². The van der Waals surface area contributed by atoms with Gasteiger partial charge >= 0.3 is 0 Å². The molecule has 50 valence electrons. The van der Waals surface area contributed by atoms with Crippen LogP contribution in [-0.4, -0.2) is 10.2 Å². The molecule has 0 spiro atoms. The highest BCUT2D eigenvalue weighted by atomic mass is 32.1. The zero-order valence-electron chi connectivity index (χ0n) is 5.02. The fourth-order valence-electron chi connectivity index (χ4n) is 0.681.